The minimum absolute atomic E-state index is 0. The van der Waals surface area contributed by atoms with E-state index in [0.29, 0.717) is 0 Å². The van der Waals surface area contributed by atoms with Gasteiger partial charge in [0.2, 0.25) is 0 Å². The zero-order valence-electron chi connectivity index (χ0n) is 10.9. The van der Waals surface area contributed by atoms with Crippen LogP contribution in [0.5, 0.6) is 0 Å². The Kier molecular flexibility index (Phi) is 82.0. The number of hydrogen-bond donors (Lipinski definition) is 0. The van der Waals surface area contributed by atoms with Crippen molar-refractivity contribution in [2.75, 3.05) is 0 Å². The summed E-state index contributed by atoms with van der Waals surface area (Å²) in [5.74, 6) is 0. The van der Waals surface area contributed by atoms with E-state index in [9.17, 15) is 0 Å². The molecule has 0 unspecified atom stereocenters. The van der Waals surface area contributed by atoms with Gasteiger partial charge in [-0.05, 0) is 0 Å². The minimum Gasteiger partial charge on any atom is -0.356 e. The maximum atomic E-state index is 8.25. The Labute approximate surface area is 174 Å². The average Bonchev–Trinajstić information content (AvgIpc) is 2.08. The molecule has 0 aromatic heterocycles. The summed E-state index contributed by atoms with van der Waals surface area (Å²) in [6.07, 6.45) is 0. The largest absolute Gasteiger partial charge is 3.00 e. The van der Waals surface area contributed by atoms with Crippen LogP contribution < -0.4 is 0 Å². The molecule has 0 aliphatic carbocycles. The molecule has 0 aromatic carbocycles. The first-order chi connectivity index (χ1) is 10.4. The van der Waals surface area contributed by atoms with E-state index in [-0.39, 0.29) is 52.4 Å². The van der Waals surface area contributed by atoms with Crippen LogP contribution in [0.3, 0.4) is 0 Å². The molecule has 0 aliphatic rings. The summed E-state index contributed by atoms with van der Waals surface area (Å²) < 4.78 is 0. The maximum absolute atomic E-state index is 8.25. The van der Waals surface area contributed by atoms with Crippen molar-refractivity contribution in [2.24, 2.45) is 0 Å². The summed E-state index contributed by atoms with van der Waals surface area (Å²) in [5, 5.41) is 88.5. The van der Waals surface area contributed by atoms with Gasteiger partial charge in [0.05, 0.1) is 30.5 Å². The second-order valence-corrected chi connectivity index (χ2v) is 1.34. The van der Waals surface area contributed by atoms with Crippen molar-refractivity contribution < 1.29 is 30.5 Å². The molecule has 26 heavy (non-hydrogen) atoms. The summed E-state index contributed by atoms with van der Waals surface area (Å²) in [6.45, 7) is 0. The summed E-state index contributed by atoms with van der Waals surface area (Å²) in [5.41, 5.74) is 0. The van der Waals surface area contributed by atoms with Crippen LogP contribution in [-0.2, 0) is 0 Å². The van der Waals surface area contributed by atoms with Gasteiger partial charge in [-0.2, -0.15) is 0 Å². The Morgan fingerprint density at radius 1 is 0.269 bits per heavy atom. The quantitative estimate of drug-likeness (QED) is 0.143. The third kappa shape index (κ3) is 908. The molecule has 0 fully saturated rings. The molecule has 4 radical (unpaired) electrons. The maximum Gasteiger partial charge on any atom is 3.00 e. The van der Waals surface area contributed by atoms with Gasteiger partial charge in [0.25, 0.3) is 0 Å². The third-order valence-electron chi connectivity index (χ3n) is 0. The molecule has 0 rings (SSSR count). The van der Waals surface area contributed by atoms with Crippen LogP contribution >= 0.6 is 0 Å². The fourth-order valence-electron chi connectivity index (χ4n) is 0. The van der Waals surface area contributed by atoms with Crippen molar-refractivity contribution in [3.05, 3.63) is 91.9 Å². The first-order valence-electron chi connectivity index (χ1n) is 3.29. The summed E-state index contributed by atoms with van der Waals surface area (Å²) in [4.78, 5) is 49.5. The fraction of sp³-hybridized carbons (Fsp3) is 0. The topological polar surface area (TPSA) is 397 Å². The SMILES string of the molecule is O=[N+]([O-])[O-].O=[N+]([O-])[O-].O=[N+]([O-])[O-].O=[N+]([O-])[O-].O=[N+]([O-])[O-].O=[N+]([O-])[O-].[Bi+3].[Bi+3]. The van der Waals surface area contributed by atoms with Gasteiger partial charge < -0.3 is 91.9 Å². The Balaban J connectivity index is -0.0000000245. The molecule has 0 aromatic rings. The van der Waals surface area contributed by atoms with Crippen LogP contribution in [0.15, 0.2) is 0 Å². The van der Waals surface area contributed by atoms with Gasteiger partial charge in [-0.25, -0.2) is 0 Å². The molecule has 24 nitrogen and oxygen atoms in total. The van der Waals surface area contributed by atoms with Crippen LogP contribution in [-0.4, -0.2) is 82.9 Å². The monoisotopic (exact) mass is 790 g/mol. The smallest absolute Gasteiger partial charge is 0.356 e. The zero-order valence-corrected chi connectivity index (χ0v) is 17.9. The van der Waals surface area contributed by atoms with Gasteiger partial charge in [-0.3, -0.25) is 0 Å². The molecule has 0 atom stereocenters. The van der Waals surface area contributed by atoms with Crippen LogP contribution in [0, 0.1) is 91.9 Å². The molecule has 0 saturated carbocycles. The van der Waals surface area contributed by atoms with E-state index >= 15 is 0 Å². The van der Waals surface area contributed by atoms with E-state index in [1.165, 1.54) is 0 Å². The summed E-state index contributed by atoms with van der Waals surface area (Å²) in [7, 11) is 0. The normalized spacial score (nSPS) is 5.54. The molecular formula is Bi2N6O18. The van der Waals surface area contributed by atoms with Crippen LogP contribution in [0.4, 0.5) is 0 Å². The molecule has 0 heterocycles. The van der Waals surface area contributed by atoms with Gasteiger partial charge in [0.15, 0.2) is 0 Å². The molecule has 0 aliphatic heterocycles. The van der Waals surface area contributed by atoms with Gasteiger partial charge >= 0.3 is 52.4 Å². The number of nitrogens with zero attached hydrogens (tertiary/aromatic N) is 6. The molecule has 26 heteroatoms. The first kappa shape index (κ1) is 49.5. The number of rotatable bonds is 0. The Morgan fingerprint density at radius 2 is 0.269 bits per heavy atom. The van der Waals surface area contributed by atoms with Crippen LogP contribution in [0.25, 0.3) is 0 Å². The van der Waals surface area contributed by atoms with Crippen LogP contribution in [0.2, 0.25) is 0 Å². The Hall–Kier alpha value is -3.03. The number of hydrogen-bond acceptors (Lipinski definition) is 18. The predicted octanol–water partition coefficient (Wildman–Crippen LogP) is -2.20. The van der Waals surface area contributed by atoms with Crippen molar-refractivity contribution in [1.29, 1.82) is 0 Å². The van der Waals surface area contributed by atoms with Gasteiger partial charge in [0.1, 0.15) is 0 Å². The van der Waals surface area contributed by atoms with E-state index in [0.717, 1.165) is 0 Å². The summed E-state index contributed by atoms with van der Waals surface area (Å²) >= 11 is 0. The molecule has 0 bridgehead atoms. The van der Waals surface area contributed by atoms with Crippen molar-refractivity contribution in [1.82, 2.24) is 0 Å². The predicted molar refractivity (Wildman–Crippen MR) is 73.7 cm³/mol. The summed E-state index contributed by atoms with van der Waals surface area (Å²) in [6, 6.07) is 0. The van der Waals surface area contributed by atoms with E-state index in [2.05, 4.69) is 0 Å². The van der Waals surface area contributed by atoms with Gasteiger partial charge in [0, 0.05) is 0 Å². The Morgan fingerprint density at radius 3 is 0.269 bits per heavy atom. The van der Waals surface area contributed by atoms with Crippen molar-refractivity contribution in [2.45, 2.75) is 0 Å². The molecule has 0 N–H and O–H groups in total. The molecule has 0 saturated heterocycles. The molecule has 148 valence electrons. The Bertz CT molecular complexity index is 261. The van der Waals surface area contributed by atoms with Crippen molar-refractivity contribution in [3.8, 4) is 0 Å². The fourth-order valence-corrected chi connectivity index (χ4v) is 0. The second-order valence-electron chi connectivity index (χ2n) is 1.34. The zero-order chi connectivity index (χ0) is 21.5. The van der Waals surface area contributed by atoms with E-state index < -0.39 is 30.5 Å². The minimum atomic E-state index is -1.75. The average molecular weight is 790 g/mol. The van der Waals surface area contributed by atoms with Crippen molar-refractivity contribution >= 4 is 52.4 Å². The van der Waals surface area contributed by atoms with Crippen LogP contribution in [0.1, 0.15) is 0 Å². The second kappa shape index (κ2) is 43.1. The van der Waals surface area contributed by atoms with Gasteiger partial charge in [-0.1, -0.05) is 0 Å². The standard InChI is InChI=1S/2Bi.6NO3/c;;6*2-1(3)4/q2*+3;6*-1. The van der Waals surface area contributed by atoms with E-state index in [1.54, 1.807) is 0 Å². The van der Waals surface area contributed by atoms with E-state index in [4.69, 9.17) is 91.9 Å². The third-order valence-corrected chi connectivity index (χ3v) is 0. The molecule has 0 amide bonds. The molecular weight excluding hydrogens is 790 g/mol. The molecule has 0 spiro atoms. The van der Waals surface area contributed by atoms with Gasteiger partial charge in [-0.15, -0.1) is 0 Å². The van der Waals surface area contributed by atoms with E-state index in [1.807, 2.05) is 0 Å². The van der Waals surface area contributed by atoms with Crippen molar-refractivity contribution in [3.63, 3.8) is 0 Å². The first-order valence-corrected chi connectivity index (χ1v) is 3.29.